The molecule has 3 atom stereocenters. The molecular formula is C15H22N2O3. The van der Waals surface area contributed by atoms with Gasteiger partial charge in [0.15, 0.2) is 0 Å². The maximum absolute atomic E-state index is 10.9. The third-order valence-electron chi connectivity index (χ3n) is 4.05. The Kier molecular flexibility index (Phi) is 5.09. The Balaban J connectivity index is 2.04. The molecule has 1 aromatic carbocycles. The molecular weight excluding hydrogens is 256 g/mol. The zero-order chi connectivity index (χ0) is 14.5. The third-order valence-corrected chi connectivity index (χ3v) is 4.05. The summed E-state index contributed by atoms with van der Waals surface area (Å²) in [7, 11) is 1.75. The second-order valence-corrected chi connectivity index (χ2v) is 5.35. The molecule has 0 spiro atoms. The summed E-state index contributed by atoms with van der Waals surface area (Å²) in [5, 5.41) is 14.5. The molecule has 1 aliphatic rings. The maximum Gasteiger partial charge on any atom is 0.269 e. The Bertz CT molecular complexity index is 464. The van der Waals surface area contributed by atoms with Crippen molar-refractivity contribution >= 4 is 5.69 Å². The molecule has 0 amide bonds. The summed E-state index contributed by atoms with van der Waals surface area (Å²) in [6.45, 7) is 2.10. The number of non-ortho nitro benzene ring substituents is 1. The van der Waals surface area contributed by atoms with Crippen LogP contribution in [0.2, 0.25) is 0 Å². The Hall–Kier alpha value is -1.46. The lowest BCUT2D eigenvalue weighted by Crippen LogP contribution is -2.31. The van der Waals surface area contributed by atoms with Crippen molar-refractivity contribution in [2.75, 3.05) is 7.11 Å². The van der Waals surface area contributed by atoms with E-state index in [1.165, 1.54) is 6.07 Å². The molecule has 0 aliphatic heterocycles. The Morgan fingerprint density at radius 1 is 1.50 bits per heavy atom. The molecule has 110 valence electrons. The van der Waals surface area contributed by atoms with Crippen LogP contribution in [0, 0.1) is 10.1 Å². The van der Waals surface area contributed by atoms with Crippen LogP contribution in [0.4, 0.5) is 5.69 Å². The van der Waals surface area contributed by atoms with E-state index in [2.05, 4.69) is 12.2 Å². The van der Waals surface area contributed by atoms with Crippen molar-refractivity contribution in [3.63, 3.8) is 0 Å². The Morgan fingerprint density at radius 2 is 2.30 bits per heavy atom. The van der Waals surface area contributed by atoms with Gasteiger partial charge in [-0.3, -0.25) is 10.1 Å². The average molecular weight is 278 g/mol. The highest BCUT2D eigenvalue weighted by molar-refractivity contribution is 5.35. The number of nitro groups is 1. The highest BCUT2D eigenvalue weighted by atomic mass is 16.6. The number of hydrogen-bond donors (Lipinski definition) is 1. The van der Waals surface area contributed by atoms with Crippen LogP contribution < -0.4 is 5.32 Å². The van der Waals surface area contributed by atoms with Crippen molar-refractivity contribution in [3.8, 4) is 0 Å². The van der Waals surface area contributed by atoms with Gasteiger partial charge < -0.3 is 10.1 Å². The Morgan fingerprint density at radius 3 is 2.90 bits per heavy atom. The molecule has 20 heavy (non-hydrogen) atoms. The van der Waals surface area contributed by atoms with E-state index >= 15 is 0 Å². The minimum atomic E-state index is -0.341. The highest BCUT2D eigenvalue weighted by Gasteiger charge is 2.26. The summed E-state index contributed by atoms with van der Waals surface area (Å²) < 4.78 is 5.38. The van der Waals surface area contributed by atoms with E-state index < -0.39 is 0 Å². The number of rotatable bonds is 6. The Labute approximate surface area is 119 Å². The van der Waals surface area contributed by atoms with E-state index in [1.807, 2.05) is 6.07 Å². The summed E-state index contributed by atoms with van der Waals surface area (Å²) in [5.41, 5.74) is 1.14. The lowest BCUT2D eigenvalue weighted by Gasteiger charge is -2.22. The van der Waals surface area contributed by atoms with Gasteiger partial charge in [-0.05, 0) is 31.2 Å². The molecule has 1 fully saturated rings. The smallest absolute Gasteiger partial charge is 0.269 e. The predicted molar refractivity (Wildman–Crippen MR) is 77.7 cm³/mol. The third kappa shape index (κ3) is 3.55. The summed E-state index contributed by atoms with van der Waals surface area (Å²) in [5.74, 6) is 0. The highest BCUT2D eigenvalue weighted by Crippen LogP contribution is 2.27. The molecule has 3 unspecified atom stereocenters. The van der Waals surface area contributed by atoms with E-state index in [1.54, 1.807) is 19.2 Å². The second-order valence-electron chi connectivity index (χ2n) is 5.35. The van der Waals surface area contributed by atoms with Crippen molar-refractivity contribution in [2.24, 2.45) is 0 Å². The van der Waals surface area contributed by atoms with Gasteiger partial charge in [0.1, 0.15) is 0 Å². The van der Waals surface area contributed by atoms with E-state index in [4.69, 9.17) is 4.74 Å². The number of methoxy groups -OCH3 is 1. The number of benzene rings is 1. The topological polar surface area (TPSA) is 64.4 Å². The van der Waals surface area contributed by atoms with Gasteiger partial charge in [-0.2, -0.15) is 0 Å². The first-order valence-corrected chi connectivity index (χ1v) is 7.17. The molecule has 1 N–H and O–H groups in total. The summed E-state index contributed by atoms with van der Waals surface area (Å²) in [6, 6.07) is 7.51. The number of nitro benzene ring substituents is 1. The van der Waals surface area contributed by atoms with Gasteiger partial charge in [0.05, 0.1) is 11.0 Å². The molecule has 2 rings (SSSR count). The van der Waals surface area contributed by atoms with Crippen molar-refractivity contribution in [1.82, 2.24) is 5.32 Å². The fourth-order valence-corrected chi connectivity index (χ4v) is 2.89. The molecule has 1 aromatic rings. The van der Waals surface area contributed by atoms with Gasteiger partial charge in [-0.15, -0.1) is 0 Å². The molecule has 0 radical (unpaired) electrons. The van der Waals surface area contributed by atoms with Crippen LogP contribution in [0.25, 0.3) is 0 Å². The van der Waals surface area contributed by atoms with Gasteiger partial charge in [0, 0.05) is 31.3 Å². The van der Waals surface area contributed by atoms with Gasteiger partial charge >= 0.3 is 0 Å². The zero-order valence-corrected chi connectivity index (χ0v) is 12.0. The lowest BCUT2D eigenvalue weighted by molar-refractivity contribution is -0.384. The molecule has 0 saturated heterocycles. The lowest BCUT2D eigenvalue weighted by atomic mass is 10.0. The van der Waals surface area contributed by atoms with Crippen LogP contribution in [0.1, 0.15) is 44.2 Å². The normalized spacial score (nSPS) is 23.7. The number of hydrogen-bond acceptors (Lipinski definition) is 4. The van der Waals surface area contributed by atoms with Crippen LogP contribution in [0.15, 0.2) is 24.3 Å². The largest absolute Gasteiger partial charge is 0.381 e. The van der Waals surface area contributed by atoms with Gasteiger partial charge in [0.2, 0.25) is 0 Å². The number of nitrogens with zero attached hydrogens (tertiary/aromatic N) is 1. The van der Waals surface area contributed by atoms with Crippen LogP contribution in [-0.2, 0) is 4.74 Å². The quantitative estimate of drug-likeness (QED) is 0.641. The first kappa shape index (κ1) is 14.9. The van der Waals surface area contributed by atoms with E-state index in [0.29, 0.717) is 12.1 Å². The number of nitrogens with one attached hydrogen (secondary N) is 1. The first-order chi connectivity index (χ1) is 9.63. The molecule has 0 bridgehead atoms. The van der Waals surface area contributed by atoms with E-state index in [0.717, 1.165) is 31.2 Å². The maximum atomic E-state index is 10.9. The summed E-state index contributed by atoms with van der Waals surface area (Å²) in [4.78, 5) is 10.5. The average Bonchev–Trinajstić information content (AvgIpc) is 2.92. The molecule has 1 aliphatic carbocycles. The van der Waals surface area contributed by atoms with Gasteiger partial charge in [-0.25, -0.2) is 0 Å². The fraction of sp³-hybridized carbons (Fsp3) is 0.600. The minimum Gasteiger partial charge on any atom is -0.381 e. The van der Waals surface area contributed by atoms with Gasteiger partial charge in [-0.1, -0.05) is 19.1 Å². The van der Waals surface area contributed by atoms with Crippen LogP contribution in [0.3, 0.4) is 0 Å². The van der Waals surface area contributed by atoms with Crippen molar-refractivity contribution in [3.05, 3.63) is 39.9 Å². The molecule has 0 aromatic heterocycles. The molecule has 0 heterocycles. The summed E-state index contributed by atoms with van der Waals surface area (Å²) >= 11 is 0. The second kappa shape index (κ2) is 6.81. The van der Waals surface area contributed by atoms with E-state index in [-0.39, 0.29) is 16.7 Å². The van der Waals surface area contributed by atoms with Crippen LogP contribution in [0.5, 0.6) is 0 Å². The predicted octanol–water partition coefficient (Wildman–Crippen LogP) is 3.20. The number of ether oxygens (including phenoxy) is 1. The van der Waals surface area contributed by atoms with Crippen molar-refractivity contribution < 1.29 is 9.66 Å². The standard InChI is InChI=1S/C15H22N2O3/c1-3-15(16-12-7-8-14(10-12)20-2)11-5-4-6-13(9-11)17(18)19/h4-6,9,12,14-16H,3,7-8,10H2,1-2H3. The van der Waals surface area contributed by atoms with Crippen LogP contribution >= 0.6 is 0 Å². The van der Waals surface area contributed by atoms with Crippen LogP contribution in [-0.4, -0.2) is 24.2 Å². The van der Waals surface area contributed by atoms with Crippen molar-refractivity contribution in [2.45, 2.75) is 50.8 Å². The monoisotopic (exact) mass is 278 g/mol. The van der Waals surface area contributed by atoms with Gasteiger partial charge in [0.25, 0.3) is 5.69 Å². The minimum absolute atomic E-state index is 0.156. The SMILES string of the molecule is CCC(NC1CCC(OC)C1)c1cccc([N+](=O)[O-])c1. The molecule has 5 heteroatoms. The van der Waals surface area contributed by atoms with Crippen molar-refractivity contribution in [1.29, 1.82) is 0 Å². The molecule has 5 nitrogen and oxygen atoms in total. The fourth-order valence-electron chi connectivity index (χ4n) is 2.89. The summed E-state index contributed by atoms with van der Waals surface area (Å²) in [6.07, 6.45) is 4.45. The zero-order valence-electron chi connectivity index (χ0n) is 12.0. The van der Waals surface area contributed by atoms with E-state index in [9.17, 15) is 10.1 Å². The molecule has 1 saturated carbocycles. The first-order valence-electron chi connectivity index (χ1n) is 7.17.